The molecule has 1 rings (SSSR count). The highest BCUT2D eigenvalue weighted by atomic mass is 16.3. The molecule has 2 nitrogen and oxygen atoms in total. The molecule has 0 amide bonds. The number of phenolic OH excluding ortho intramolecular Hbond substituents is 1. The molecule has 0 fully saturated rings. The van der Waals surface area contributed by atoms with E-state index in [0.717, 1.165) is 6.42 Å². The summed E-state index contributed by atoms with van der Waals surface area (Å²) in [5, 5.41) is 8.89. The molecule has 0 bridgehead atoms. The van der Waals surface area contributed by atoms with Gasteiger partial charge in [-0.2, -0.15) is 0 Å². The Morgan fingerprint density at radius 2 is 1.90 bits per heavy atom. The molecule has 0 aromatic heterocycles. The van der Waals surface area contributed by atoms with E-state index in [1.54, 1.807) is 12.1 Å². The van der Waals surface area contributed by atoms with Crippen LogP contribution >= 0.6 is 0 Å². The molecule has 0 aliphatic heterocycles. The van der Waals surface area contributed by atoms with Crippen molar-refractivity contribution in [3.8, 4) is 5.75 Å². The zero-order valence-electron chi connectivity index (χ0n) is 5.75. The molecule has 0 heterocycles. The van der Waals surface area contributed by atoms with Gasteiger partial charge in [-0.15, -0.1) is 0 Å². The number of benzene rings is 1. The molecule has 1 aromatic carbocycles. The summed E-state index contributed by atoms with van der Waals surface area (Å²) in [6.07, 6.45) is 0.875. The van der Waals surface area contributed by atoms with E-state index in [-0.39, 0.29) is 0 Å². The molecule has 3 N–H and O–H groups in total. The van der Waals surface area contributed by atoms with Crippen LogP contribution in [0.2, 0.25) is 0 Å². The normalized spacial score (nSPS) is 9.70. The summed E-state index contributed by atoms with van der Waals surface area (Å²) in [6, 6.07) is 7.10. The minimum Gasteiger partial charge on any atom is -0.508 e. The van der Waals surface area contributed by atoms with E-state index in [9.17, 15) is 0 Å². The molecule has 1 aromatic rings. The van der Waals surface area contributed by atoms with Gasteiger partial charge in [-0.05, 0) is 30.7 Å². The Morgan fingerprint density at radius 1 is 1.30 bits per heavy atom. The average molecular weight is 139 g/mol. The van der Waals surface area contributed by atoms with Crippen LogP contribution in [-0.4, -0.2) is 11.7 Å². The van der Waals surface area contributed by atoms with E-state index < -0.39 is 0 Å². The number of rotatable bonds is 2. The van der Waals surface area contributed by atoms with Crippen LogP contribution < -0.4 is 5.73 Å². The predicted molar refractivity (Wildman–Crippen MR) is 40.9 cm³/mol. The van der Waals surface area contributed by atoms with Crippen LogP contribution in [0.5, 0.6) is 5.75 Å². The van der Waals surface area contributed by atoms with Crippen LogP contribution in [-0.2, 0) is 6.42 Å². The Bertz CT molecular complexity index is 193. The summed E-state index contributed by atoms with van der Waals surface area (Å²) in [7, 11) is 0. The van der Waals surface area contributed by atoms with Gasteiger partial charge in [0.15, 0.2) is 0 Å². The standard InChI is InChI=1S/C8H11NO/c9-6-5-7-1-3-8(10)4-2-7/h1-4,10H,5-6,9H2/i5+2. The number of nitrogens with two attached hydrogens (primary N) is 1. The van der Waals surface area contributed by atoms with Crippen molar-refractivity contribution in [2.75, 3.05) is 6.54 Å². The summed E-state index contributed by atoms with van der Waals surface area (Å²) in [6.45, 7) is 0.658. The fraction of sp³-hybridized carbons (Fsp3) is 0.250. The molecule has 0 saturated carbocycles. The molecule has 0 aliphatic rings. The maximum absolute atomic E-state index is 8.89. The van der Waals surface area contributed by atoms with E-state index in [1.807, 2.05) is 12.1 Å². The quantitative estimate of drug-likeness (QED) is 0.639. The molecule has 10 heavy (non-hydrogen) atoms. The maximum Gasteiger partial charge on any atom is 0.115 e. The van der Waals surface area contributed by atoms with Gasteiger partial charge >= 0.3 is 0 Å². The van der Waals surface area contributed by atoms with Gasteiger partial charge in [0.2, 0.25) is 0 Å². The minimum absolute atomic E-state index is 0.306. The number of aromatic hydroxyl groups is 1. The van der Waals surface area contributed by atoms with Gasteiger partial charge in [0.05, 0.1) is 0 Å². The number of hydrogen-bond donors (Lipinski definition) is 2. The van der Waals surface area contributed by atoms with Crippen molar-refractivity contribution in [2.45, 2.75) is 6.42 Å². The molecule has 0 spiro atoms. The van der Waals surface area contributed by atoms with Crippen molar-refractivity contribution >= 4 is 0 Å². The second-order valence-electron chi connectivity index (χ2n) is 2.21. The Hall–Kier alpha value is -1.02. The van der Waals surface area contributed by atoms with E-state index in [4.69, 9.17) is 10.8 Å². The van der Waals surface area contributed by atoms with E-state index >= 15 is 0 Å². The second kappa shape index (κ2) is 3.22. The van der Waals surface area contributed by atoms with Crippen LogP contribution in [0, 0.1) is 0 Å². The maximum atomic E-state index is 8.89. The SMILES string of the molecule is NC[14CH2]c1ccc(O)cc1. The van der Waals surface area contributed by atoms with Gasteiger partial charge < -0.3 is 10.8 Å². The molecule has 0 atom stereocenters. The van der Waals surface area contributed by atoms with Crippen molar-refractivity contribution < 1.29 is 5.11 Å². The van der Waals surface area contributed by atoms with Gasteiger partial charge in [-0.25, -0.2) is 0 Å². The van der Waals surface area contributed by atoms with E-state index in [2.05, 4.69) is 0 Å². The first-order chi connectivity index (χ1) is 4.83. The summed E-state index contributed by atoms with van der Waals surface area (Å²) in [5.41, 5.74) is 6.50. The van der Waals surface area contributed by atoms with Crippen LogP contribution in [0.25, 0.3) is 0 Å². The highest BCUT2D eigenvalue weighted by Crippen LogP contribution is 2.09. The zero-order chi connectivity index (χ0) is 7.40. The topological polar surface area (TPSA) is 46.2 Å². The fourth-order valence-electron chi connectivity index (χ4n) is 0.829. The van der Waals surface area contributed by atoms with Crippen molar-refractivity contribution in [3.05, 3.63) is 29.8 Å². The van der Waals surface area contributed by atoms with Gasteiger partial charge in [0.25, 0.3) is 0 Å². The zero-order valence-corrected chi connectivity index (χ0v) is 5.75. The van der Waals surface area contributed by atoms with Gasteiger partial charge in [0, 0.05) is 0 Å². The lowest BCUT2D eigenvalue weighted by Gasteiger charge is -1.96. The van der Waals surface area contributed by atoms with Gasteiger partial charge in [-0.1, -0.05) is 12.1 Å². The largest absolute Gasteiger partial charge is 0.508 e. The third kappa shape index (κ3) is 1.74. The third-order valence-electron chi connectivity index (χ3n) is 1.37. The number of hydrogen-bond acceptors (Lipinski definition) is 2. The Morgan fingerprint density at radius 3 is 2.40 bits per heavy atom. The lowest BCUT2D eigenvalue weighted by atomic mass is 10.3. The molecule has 0 radical (unpaired) electrons. The Labute approximate surface area is 60.3 Å². The highest BCUT2D eigenvalue weighted by molar-refractivity contribution is 5.25. The molecule has 54 valence electrons. The van der Waals surface area contributed by atoms with Gasteiger partial charge in [-0.3, -0.25) is 0 Å². The van der Waals surface area contributed by atoms with Gasteiger partial charge in [0.1, 0.15) is 5.75 Å². The minimum atomic E-state index is 0.306. The van der Waals surface area contributed by atoms with Crippen molar-refractivity contribution in [1.82, 2.24) is 0 Å². The first kappa shape index (κ1) is 7.09. The Kier molecular flexibility index (Phi) is 2.29. The summed E-state index contributed by atoms with van der Waals surface area (Å²) in [4.78, 5) is 0. The van der Waals surface area contributed by atoms with Crippen LogP contribution in [0.15, 0.2) is 24.3 Å². The Balaban J connectivity index is 2.69. The molecule has 2 heteroatoms. The molecular formula is C8H11NO. The summed E-state index contributed by atoms with van der Waals surface area (Å²) in [5.74, 6) is 0.306. The lowest BCUT2D eigenvalue weighted by Crippen LogP contribution is -2.01. The summed E-state index contributed by atoms with van der Waals surface area (Å²) >= 11 is 0. The smallest absolute Gasteiger partial charge is 0.115 e. The first-order valence-corrected chi connectivity index (χ1v) is 3.31. The summed E-state index contributed by atoms with van der Waals surface area (Å²) < 4.78 is 0. The average Bonchev–Trinajstić information content (AvgIpc) is 1.95. The van der Waals surface area contributed by atoms with Crippen LogP contribution in [0.3, 0.4) is 0 Å². The molecule has 0 unspecified atom stereocenters. The van der Waals surface area contributed by atoms with E-state index in [0.29, 0.717) is 12.3 Å². The van der Waals surface area contributed by atoms with Crippen molar-refractivity contribution in [1.29, 1.82) is 0 Å². The van der Waals surface area contributed by atoms with E-state index in [1.165, 1.54) is 5.56 Å². The van der Waals surface area contributed by atoms with Crippen LogP contribution in [0.4, 0.5) is 0 Å². The fourth-order valence-corrected chi connectivity index (χ4v) is 0.829. The van der Waals surface area contributed by atoms with Crippen molar-refractivity contribution in [2.24, 2.45) is 5.73 Å². The molecule has 0 aliphatic carbocycles. The first-order valence-electron chi connectivity index (χ1n) is 3.31. The monoisotopic (exact) mass is 139 g/mol. The molecular weight excluding hydrogens is 128 g/mol. The highest BCUT2D eigenvalue weighted by Gasteiger charge is 1.89. The number of phenols is 1. The van der Waals surface area contributed by atoms with Crippen LogP contribution in [0.1, 0.15) is 5.56 Å². The third-order valence-corrected chi connectivity index (χ3v) is 1.37. The van der Waals surface area contributed by atoms with Crippen molar-refractivity contribution in [3.63, 3.8) is 0 Å². The second-order valence-corrected chi connectivity index (χ2v) is 2.21. The lowest BCUT2D eigenvalue weighted by molar-refractivity contribution is 0.475. The predicted octanol–water partition coefficient (Wildman–Crippen LogP) is 0.893. The molecule has 0 saturated heterocycles.